The Bertz CT molecular complexity index is 353. The SMILES string of the molecule is C[C@H](N)Cc1cc(F)ccc1[N+](=O)[O-]. The summed E-state index contributed by atoms with van der Waals surface area (Å²) in [4.78, 5) is 10.0. The third-order valence-electron chi connectivity index (χ3n) is 1.78. The maximum atomic E-state index is 12.8. The maximum Gasteiger partial charge on any atom is 0.272 e. The lowest BCUT2D eigenvalue weighted by Gasteiger charge is -2.05. The van der Waals surface area contributed by atoms with E-state index in [9.17, 15) is 14.5 Å². The summed E-state index contributed by atoms with van der Waals surface area (Å²) in [7, 11) is 0. The zero-order valence-corrected chi connectivity index (χ0v) is 7.74. The second-order valence-corrected chi connectivity index (χ2v) is 3.21. The average molecular weight is 198 g/mol. The van der Waals surface area contributed by atoms with Crippen LogP contribution in [0.2, 0.25) is 0 Å². The van der Waals surface area contributed by atoms with Crippen LogP contribution in [0.1, 0.15) is 12.5 Å². The molecule has 1 rings (SSSR count). The Labute approximate surface area is 80.7 Å². The fourth-order valence-corrected chi connectivity index (χ4v) is 1.24. The van der Waals surface area contributed by atoms with Crippen LogP contribution in [0.4, 0.5) is 10.1 Å². The molecule has 0 saturated carbocycles. The van der Waals surface area contributed by atoms with E-state index in [0.717, 1.165) is 18.2 Å². The van der Waals surface area contributed by atoms with Gasteiger partial charge in [-0.05, 0) is 25.5 Å². The number of nitrogens with two attached hydrogens (primary N) is 1. The van der Waals surface area contributed by atoms with Crippen molar-refractivity contribution in [3.8, 4) is 0 Å². The zero-order chi connectivity index (χ0) is 10.7. The molecule has 0 aliphatic carbocycles. The molecule has 0 bridgehead atoms. The van der Waals surface area contributed by atoms with Crippen LogP contribution in [0.5, 0.6) is 0 Å². The first kappa shape index (κ1) is 10.6. The number of nitro groups is 1. The first-order valence-electron chi connectivity index (χ1n) is 4.19. The highest BCUT2D eigenvalue weighted by molar-refractivity contribution is 5.40. The van der Waals surface area contributed by atoms with Gasteiger partial charge in [-0.1, -0.05) is 0 Å². The van der Waals surface area contributed by atoms with Crippen LogP contribution in [0, 0.1) is 15.9 Å². The standard InChI is InChI=1S/C9H11FN2O2/c1-6(11)4-7-5-8(10)2-3-9(7)12(13)14/h2-3,5-6H,4,11H2,1H3/t6-/m0/s1. The number of halogens is 1. The van der Waals surface area contributed by atoms with Gasteiger partial charge in [0.2, 0.25) is 0 Å². The van der Waals surface area contributed by atoms with Gasteiger partial charge < -0.3 is 5.73 Å². The van der Waals surface area contributed by atoms with Gasteiger partial charge in [-0.25, -0.2) is 4.39 Å². The van der Waals surface area contributed by atoms with Crippen molar-refractivity contribution in [1.82, 2.24) is 0 Å². The highest BCUT2D eigenvalue weighted by Gasteiger charge is 2.14. The number of rotatable bonds is 3. The maximum absolute atomic E-state index is 12.8. The van der Waals surface area contributed by atoms with Crippen molar-refractivity contribution < 1.29 is 9.31 Å². The summed E-state index contributed by atoms with van der Waals surface area (Å²) in [6.07, 6.45) is 0.300. The van der Waals surface area contributed by atoms with Crippen LogP contribution in [0.3, 0.4) is 0 Å². The lowest BCUT2D eigenvalue weighted by Crippen LogP contribution is -2.18. The van der Waals surface area contributed by atoms with Crippen molar-refractivity contribution in [2.45, 2.75) is 19.4 Å². The summed E-state index contributed by atoms with van der Waals surface area (Å²) >= 11 is 0. The topological polar surface area (TPSA) is 69.2 Å². The third kappa shape index (κ3) is 2.50. The summed E-state index contributed by atoms with van der Waals surface area (Å²) in [5, 5.41) is 10.6. The molecule has 0 aliphatic heterocycles. The van der Waals surface area contributed by atoms with E-state index in [1.807, 2.05) is 0 Å². The predicted octanol–water partition coefficient (Wildman–Crippen LogP) is 1.62. The van der Waals surface area contributed by atoms with Gasteiger partial charge in [-0.15, -0.1) is 0 Å². The van der Waals surface area contributed by atoms with E-state index in [0.29, 0.717) is 12.0 Å². The van der Waals surface area contributed by atoms with Gasteiger partial charge in [-0.2, -0.15) is 0 Å². The largest absolute Gasteiger partial charge is 0.328 e. The molecule has 1 aromatic carbocycles. The van der Waals surface area contributed by atoms with E-state index in [1.54, 1.807) is 6.92 Å². The minimum absolute atomic E-state index is 0.0799. The quantitative estimate of drug-likeness (QED) is 0.592. The molecule has 0 heterocycles. The Hall–Kier alpha value is -1.49. The highest BCUT2D eigenvalue weighted by Crippen LogP contribution is 2.20. The lowest BCUT2D eigenvalue weighted by atomic mass is 10.1. The molecule has 0 aliphatic rings. The summed E-state index contributed by atoms with van der Waals surface area (Å²) in [5.74, 6) is -0.480. The summed E-state index contributed by atoms with van der Waals surface area (Å²) in [5.41, 5.74) is 5.76. The van der Waals surface area contributed by atoms with Crippen molar-refractivity contribution in [3.05, 3.63) is 39.7 Å². The molecular weight excluding hydrogens is 187 g/mol. The molecule has 1 atom stereocenters. The van der Waals surface area contributed by atoms with Crippen molar-refractivity contribution in [2.75, 3.05) is 0 Å². The van der Waals surface area contributed by atoms with Crippen LogP contribution in [0.25, 0.3) is 0 Å². The Morgan fingerprint density at radius 3 is 2.79 bits per heavy atom. The number of hydrogen-bond donors (Lipinski definition) is 1. The minimum Gasteiger partial charge on any atom is -0.328 e. The molecule has 0 fully saturated rings. The van der Waals surface area contributed by atoms with Crippen LogP contribution >= 0.6 is 0 Å². The molecule has 2 N–H and O–H groups in total. The first-order valence-corrected chi connectivity index (χ1v) is 4.19. The molecule has 0 spiro atoms. The van der Waals surface area contributed by atoms with E-state index in [2.05, 4.69) is 0 Å². The average Bonchev–Trinajstić information content (AvgIpc) is 2.01. The molecule has 0 radical (unpaired) electrons. The van der Waals surface area contributed by atoms with Crippen molar-refractivity contribution >= 4 is 5.69 Å². The fraction of sp³-hybridized carbons (Fsp3) is 0.333. The van der Waals surface area contributed by atoms with E-state index in [1.165, 1.54) is 0 Å². The summed E-state index contributed by atoms with van der Waals surface area (Å²) in [6, 6.07) is 3.16. The van der Waals surface area contributed by atoms with Crippen molar-refractivity contribution in [3.63, 3.8) is 0 Å². The summed E-state index contributed by atoms with van der Waals surface area (Å²) in [6.45, 7) is 1.72. The predicted molar refractivity (Wildman–Crippen MR) is 50.4 cm³/mol. The highest BCUT2D eigenvalue weighted by atomic mass is 19.1. The van der Waals surface area contributed by atoms with Gasteiger partial charge >= 0.3 is 0 Å². The van der Waals surface area contributed by atoms with Gasteiger partial charge in [0.25, 0.3) is 5.69 Å². The minimum atomic E-state index is -0.531. The molecule has 14 heavy (non-hydrogen) atoms. The van der Waals surface area contributed by atoms with Crippen LogP contribution in [0.15, 0.2) is 18.2 Å². The Balaban J connectivity index is 3.09. The molecule has 1 aromatic rings. The smallest absolute Gasteiger partial charge is 0.272 e. The van der Waals surface area contributed by atoms with Gasteiger partial charge in [-0.3, -0.25) is 10.1 Å². The fourth-order valence-electron chi connectivity index (χ4n) is 1.24. The monoisotopic (exact) mass is 198 g/mol. The molecule has 5 heteroatoms. The second-order valence-electron chi connectivity index (χ2n) is 3.21. The van der Waals surface area contributed by atoms with Crippen LogP contribution in [-0.2, 0) is 6.42 Å². The van der Waals surface area contributed by atoms with Crippen molar-refractivity contribution in [2.24, 2.45) is 5.73 Å². The van der Waals surface area contributed by atoms with E-state index >= 15 is 0 Å². The number of hydrogen-bond acceptors (Lipinski definition) is 3. The van der Waals surface area contributed by atoms with Gasteiger partial charge in [0.15, 0.2) is 0 Å². The lowest BCUT2D eigenvalue weighted by molar-refractivity contribution is -0.385. The number of nitrogens with zero attached hydrogens (tertiary/aromatic N) is 1. The Morgan fingerprint density at radius 2 is 2.29 bits per heavy atom. The second kappa shape index (κ2) is 4.15. The van der Waals surface area contributed by atoms with Crippen LogP contribution in [-0.4, -0.2) is 11.0 Å². The molecular formula is C9H11FN2O2. The molecule has 0 aromatic heterocycles. The van der Waals surface area contributed by atoms with E-state index in [-0.39, 0.29) is 11.7 Å². The molecule has 0 amide bonds. The molecule has 4 nitrogen and oxygen atoms in total. The molecule has 0 saturated heterocycles. The molecule has 76 valence electrons. The summed E-state index contributed by atoms with van der Waals surface area (Å²) < 4.78 is 12.8. The number of benzene rings is 1. The van der Waals surface area contributed by atoms with Gasteiger partial charge in [0.1, 0.15) is 5.82 Å². The zero-order valence-electron chi connectivity index (χ0n) is 7.74. The normalized spacial score (nSPS) is 12.5. The van der Waals surface area contributed by atoms with Crippen LogP contribution < -0.4 is 5.73 Å². The molecule has 0 unspecified atom stereocenters. The van der Waals surface area contributed by atoms with Gasteiger partial charge in [0, 0.05) is 17.7 Å². The van der Waals surface area contributed by atoms with E-state index in [4.69, 9.17) is 5.73 Å². The van der Waals surface area contributed by atoms with E-state index < -0.39 is 10.7 Å². The first-order chi connectivity index (χ1) is 6.50. The third-order valence-corrected chi connectivity index (χ3v) is 1.78. The number of nitro benzene ring substituents is 1. The van der Waals surface area contributed by atoms with Crippen molar-refractivity contribution in [1.29, 1.82) is 0 Å². The Morgan fingerprint density at radius 1 is 1.64 bits per heavy atom. The van der Waals surface area contributed by atoms with Gasteiger partial charge in [0.05, 0.1) is 4.92 Å². The Kier molecular flexibility index (Phi) is 3.14.